The average Bonchev–Trinajstić information content (AvgIpc) is 2.46. The number of nitrogens with zero attached hydrogens (tertiary/aromatic N) is 3. The molecule has 6 nitrogen and oxygen atoms in total. The Kier molecular flexibility index (Phi) is 4.86. The fraction of sp³-hybridized carbons (Fsp3) is 0.167. The van der Waals surface area contributed by atoms with E-state index >= 15 is 0 Å². The van der Waals surface area contributed by atoms with Crippen LogP contribution < -0.4 is 5.43 Å². The van der Waals surface area contributed by atoms with Gasteiger partial charge in [-0.2, -0.15) is 28.8 Å². The third-order valence-electron chi connectivity index (χ3n) is 2.25. The number of nitrogens with one attached hydrogen (secondary N) is 1. The van der Waals surface area contributed by atoms with Crippen molar-refractivity contribution in [2.75, 3.05) is 12.5 Å². The van der Waals surface area contributed by atoms with E-state index in [0.29, 0.717) is 12.1 Å². The summed E-state index contributed by atoms with van der Waals surface area (Å²) in [6.45, 7) is 0. The summed E-state index contributed by atoms with van der Waals surface area (Å²) >= 11 is 0. The number of benzene rings is 1. The standard InChI is InChI=1S/C12H7F3N4O2/c1-21-11(20)9-3-2-7(12(13,14)15)4-10(9)19-18-8(5-16)6-17/h2-4,19H,1H3. The van der Waals surface area contributed by atoms with Crippen LogP contribution in [-0.4, -0.2) is 18.8 Å². The third kappa shape index (κ3) is 3.94. The Labute approximate surface area is 117 Å². The van der Waals surface area contributed by atoms with Gasteiger partial charge in [-0.3, -0.25) is 5.43 Å². The van der Waals surface area contributed by atoms with E-state index in [1.165, 1.54) is 12.1 Å². The Morgan fingerprint density at radius 3 is 2.43 bits per heavy atom. The van der Waals surface area contributed by atoms with E-state index in [0.717, 1.165) is 13.2 Å². The number of carbonyl (C=O) groups is 1. The molecule has 0 bridgehead atoms. The van der Waals surface area contributed by atoms with E-state index in [2.05, 4.69) is 15.3 Å². The molecule has 0 saturated heterocycles. The van der Waals surface area contributed by atoms with Gasteiger partial charge in [0.05, 0.1) is 23.9 Å². The van der Waals surface area contributed by atoms with Crippen LogP contribution in [0.2, 0.25) is 0 Å². The van der Waals surface area contributed by atoms with Crippen LogP contribution in [0.4, 0.5) is 18.9 Å². The van der Waals surface area contributed by atoms with Crippen molar-refractivity contribution in [3.05, 3.63) is 29.3 Å². The van der Waals surface area contributed by atoms with Gasteiger partial charge in [0.2, 0.25) is 5.71 Å². The molecule has 108 valence electrons. The zero-order valence-electron chi connectivity index (χ0n) is 10.5. The molecule has 0 atom stereocenters. The maximum absolute atomic E-state index is 12.6. The van der Waals surface area contributed by atoms with E-state index in [1.54, 1.807) is 0 Å². The van der Waals surface area contributed by atoms with Crippen molar-refractivity contribution in [1.82, 2.24) is 0 Å². The van der Waals surface area contributed by atoms with Crippen molar-refractivity contribution < 1.29 is 22.7 Å². The number of methoxy groups -OCH3 is 1. The van der Waals surface area contributed by atoms with E-state index < -0.39 is 23.4 Å². The zero-order valence-corrected chi connectivity index (χ0v) is 10.5. The highest BCUT2D eigenvalue weighted by Crippen LogP contribution is 2.32. The van der Waals surface area contributed by atoms with Gasteiger partial charge in [-0.25, -0.2) is 4.79 Å². The molecule has 0 spiro atoms. The minimum Gasteiger partial charge on any atom is -0.465 e. The number of rotatable bonds is 3. The molecule has 0 amide bonds. The topological polar surface area (TPSA) is 98.3 Å². The summed E-state index contributed by atoms with van der Waals surface area (Å²) in [6, 6.07) is 5.07. The molecule has 9 heteroatoms. The quantitative estimate of drug-likeness (QED) is 0.524. The molecule has 1 aromatic carbocycles. The van der Waals surface area contributed by atoms with Crippen LogP contribution in [0, 0.1) is 22.7 Å². The number of esters is 1. The number of nitriles is 2. The highest BCUT2D eigenvalue weighted by Gasteiger charge is 2.31. The lowest BCUT2D eigenvalue weighted by atomic mass is 10.1. The molecular weight excluding hydrogens is 289 g/mol. The number of hydrogen-bond donors (Lipinski definition) is 1. The molecular formula is C12H7F3N4O2. The smallest absolute Gasteiger partial charge is 0.416 e. The van der Waals surface area contributed by atoms with Gasteiger partial charge in [-0.15, -0.1) is 0 Å². The van der Waals surface area contributed by atoms with Crippen molar-refractivity contribution in [2.24, 2.45) is 5.10 Å². The van der Waals surface area contributed by atoms with E-state index in [-0.39, 0.29) is 11.3 Å². The highest BCUT2D eigenvalue weighted by atomic mass is 19.4. The second kappa shape index (κ2) is 6.39. The summed E-state index contributed by atoms with van der Waals surface area (Å²) in [6.07, 6.45) is -4.62. The molecule has 1 aromatic rings. The summed E-state index contributed by atoms with van der Waals surface area (Å²) < 4.78 is 42.3. The maximum atomic E-state index is 12.6. The fourth-order valence-corrected chi connectivity index (χ4v) is 1.29. The molecule has 0 unspecified atom stereocenters. The second-order valence-electron chi connectivity index (χ2n) is 3.55. The van der Waals surface area contributed by atoms with Crippen LogP contribution in [0.3, 0.4) is 0 Å². The molecule has 0 aliphatic heterocycles. The predicted molar refractivity (Wildman–Crippen MR) is 65.1 cm³/mol. The molecule has 21 heavy (non-hydrogen) atoms. The normalized spacial score (nSPS) is 10.0. The Hall–Kier alpha value is -3.07. The van der Waals surface area contributed by atoms with Crippen molar-refractivity contribution >= 4 is 17.4 Å². The van der Waals surface area contributed by atoms with E-state index in [4.69, 9.17) is 10.5 Å². The molecule has 0 radical (unpaired) electrons. The first kappa shape index (κ1) is 16.0. The van der Waals surface area contributed by atoms with Gasteiger partial charge in [0.15, 0.2) is 0 Å². The molecule has 1 rings (SSSR count). The van der Waals surface area contributed by atoms with Gasteiger partial charge in [0.1, 0.15) is 12.1 Å². The first-order valence-electron chi connectivity index (χ1n) is 5.27. The number of ether oxygens (including phenoxy) is 1. The number of hydrogen-bond acceptors (Lipinski definition) is 6. The maximum Gasteiger partial charge on any atom is 0.416 e. The van der Waals surface area contributed by atoms with Crippen molar-refractivity contribution in [3.8, 4) is 12.1 Å². The first-order chi connectivity index (χ1) is 9.83. The molecule has 0 aliphatic rings. The van der Waals surface area contributed by atoms with Crippen LogP contribution in [0.15, 0.2) is 23.3 Å². The van der Waals surface area contributed by atoms with Gasteiger partial charge in [0.25, 0.3) is 0 Å². The number of alkyl halides is 3. The summed E-state index contributed by atoms with van der Waals surface area (Å²) in [7, 11) is 1.06. The van der Waals surface area contributed by atoms with Crippen molar-refractivity contribution in [3.63, 3.8) is 0 Å². The monoisotopic (exact) mass is 296 g/mol. The first-order valence-corrected chi connectivity index (χ1v) is 5.27. The summed E-state index contributed by atoms with van der Waals surface area (Å²) in [5, 5.41) is 20.3. The Morgan fingerprint density at radius 1 is 1.33 bits per heavy atom. The van der Waals surface area contributed by atoms with Gasteiger partial charge < -0.3 is 4.74 Å². The lowest BCUT2D eigenvalue weighted by Gasteiger charge is -2.11. The van der Waals surface area contributed by atoms with Gasteiger partial charge in [0, 0.05) is 0 Å². The SMILES string of the molecule is COC(=O)c1ccc(C(F)(F)F)cc1NN=C(C#N)C#N. The summed E-state index contributed by atoms with van der Waals surface area (Å²) in [5.74, 6) is -0.892. The van der Waals surface area contributed by atoms with E-state index in [9.17, 15) is 18.0 Å². The van der Waals surface area contributed by atoms with Crippen molar-refractivity contribution in [2.45, 2.75) is 6.18 Å². The minimum atomic E-state index is -4.62. The summed E-state index contributed by atoms with van der Waals surface area (Å²) in [4.78, 5) is 11.5. The molecule has 0 fully saturated rings. The Morgan fingerprint density at radius 2 is 1.95 bits per heavy atom. The zero-order chi connectivity index (χ0) is 16.0. The minimum absolute atomic E-state index is 0.218. The lowest BCUT2D eigenvalue weighted by Crippen LogP contribution is -2.10. The van der Waals surface area contributed by atoms with Crippen LogP contribution in [0.1, 0.15) is 15.9 Å². The van der Waals surface area contributed by atoms with Gasteiger partial charge in [-0.1, -0.05) is 0 Å². The third-order valence-corrected chi connectivity index (χ3v) is 2.25. The molecule has 0 heterocycles. The predicted octanol–water partition coefficient (Wildman–Crippen LogP) is 2.31. The number of hydrazone groups is 1. The number of carbonyl (C=O) groups excluding carboxylic acids is 1. The molecule has 0 aromatic heterocycles. The van der Waals surface area contributed by atoms with Gasteiger partial charge in [-0.05, 0) is 18.2 Å². The van der Waals surface area contributed by atoms with E-state index in [1.807, 2.05) is 0 Å². The van der Waals surface area contributed by atoms with Crippen LogP contribution in [-0.2, 0) is 10.9 Å². The second-order valence-corrected chi connectivity index (χ2v) is 3.55. The molecule has 0 saturated carbocycles. The summed E-state index contributed by atoms with van der Waals surface area (Å²) in [5.41, 5.74) is -0.0995. The molecule has 1 N–H and O–H groups in total. The lowest BCUT2D eigenvalue weighted by molar-refractivity contribution is -0.137. The Balaban J connectivity index is 3.31. The van der Waals surface area contributed by atoms with Crippen LogP contribution >= 0.6 is 0 Å². The van der Waals surface area contributed by atoms with Crippen molar-refractivity contribution in [1.29, 1.82) is 10.5 Å². The van der Waals surface area contributed by atoms with Gasteiger partial charge >= 0.3 is 12.1 Å². The highest BCUT2D eigenvalue weighted by molar-refractivity contribution is 6.10. The average molecular weight is 296 g/mol. The largest absolute Gasteiger partial charge is 0.465 e. The fourth-order valence-electron chi connectivity index (χ4n) is 1.29. The van der Waals surface area contributed by atoms with Crippen LogP contribution in [0.5, 0.6) is 0 Å². The number of halogens is 3. The Bertz CT molecular complexity index is 653. The molecule has 0 aliphatic carbocycles. The number of anilines is 1. The van der Waals surface area contributed by atoms with Crippen LogP contribution in [0.25, 0.3) is 0 Å².